The van der Waals surface area contributed by atoms with Gasteiger partial charge in [0, 0.05) is 0 Å². The molecule has 2 aromatic rings. The molecule has 0 aromatic heterocycles. The van der Waals surface area contributed by atoms with E-state index in [1.807, 2.05) is 54.6 Å². The molecule has 0 spiro atoms. The van der Waals surface area contributed by atoms with E-state index in [9.17, 15) is 4.79 Å². The summed E-state index contributed by atoms with van der Waals surface area (Å²) in [4.78, 5) is 13.1. The van der Waals surface area contributed by atoms with Gasteiger partial charge in [0.05, 0.1) is 17.4 Å². The van der Waals surface area contributed by atoms with E-state index in [4.69, 9.17) is 21.7 Å². The minimum Gasteiger partial charge on any atom is -0.494 e. The van der Waals surface area contributed by atoms with Crippen molar-refractivity contribution in [2.45, 2.75) is 108 Å². The zero-order chi connectivity index (χ0) is 28.1. The summed E-state index contributed by atoms with van der Waals surface area (Å²) in [6, 6.07) is 17.8. The smallest absolute Gasteiger partial charge is 0.324 e. The summed E-state index contributed by atoms with van der Waals surface area (Å²) in [7, 11) is 0. The number of thiocarbonyl (C=S) groups is 1. The van der Waals surface area contributed by atoms with Gasteiger partial charge >= 0.3 is 5.97 Å². The van der Waals surface area contributed by atoms with Crippen LogP contribution < -0.4 is 4.74 Å². The highest BCUT2D eigenvalue weighted by molar-refractivity contribution is 8.24. The molecule has 0 amide bonds. The number of hydrogen-bond donors (Lipinski definition) is 0. The third-order valence-electron chi connectivity index (χ3n) is 7.34. The average Bonchev–Trinajstić information content (AvgIpc) is 2.98. The van der Waals surface area contributed by atoms with Gasteiger partial charge < -0.3 is 9.47 Å². The molecule has 0 fully saturated rings. The maximum Gasteiger partial charge on any atom is 0.324 e. The molecule has 40 heavy (non-hydrogen) atoms. The molecule has 2 aliphatic rings. The highest BCUT2D eigenvalue weighted by Crippen LogP contribution is 2.34. The second kappa shape index (κ2) is 20.7. The predicted molar refractivity (Wildman–Crippen MR) is 174 cm³/mol. The van der Waals surface area contributed by atoms with Crippen LogP contribution in [0.25, 0.3) is 0 Å². The van der Waals surface area contributed by atoms with Gasteiger partial charge in [-0.3, -0.25) is 4.79 Å². The summed E-state index contributed by atoms with van der Waals surface area (Å²) in [5, 5.41) is -0.472. The van der Waals surface area contributed by atoms with Crippen LogP contribution in [0.1, 0.15) is 119 Å². The van der Waals surface area contributed by atoms with Crippen molar-refractivity contribution in [2.24, 2.45) is 0 Å². The van der Waals surface area contributed by atoms with E-state index in [0.717, 1.165) is 42.7 Å². The quantitative estimate of drug-likeness (QED) is 0.190. The maximum absolute atomic E-state index is 13.1. The molecule has 3 nitrogen and oxygen atoms in total. The zero-order valence-electron chi connectivity index (χ0n) is 24.2. The van der Waals surface area contributed by atoms with E-state index in [0.29, 0.717) is 10.8 Å². The Hall–Kier alpha value is -2.11. The van der Waals surface area contributed by atoms with Gasteiger partial charge in [0.2, 0.25) is 0 Å². The van der Waals surface area contributed by atoms with Crippen molar-refractivity contribution in [3.8, 4) is 5.75 Å². The van der Waals surface area contributed by atoms with Crippen LogP contribution >= 0.6 is 24.0 Å². The van der Waals surface area contributed by atoms with Gasteiger partial charge in [-0.05, 0) is 73.9 Å². The Morgan fingerprint density at radius 1 is 0.600 bits per heavy atom. The van der Waals surface area contributed by atoms with Crippen LogP contribution in [0, 0.1) is 0 Å². The van der Waals surface area contributed by atoms with Gasteiger partial charge in [-0.2, -0.15) is 0 Å². The monoisotopic (exact) mass is 580 g/mol. The topological polar surface area (TPSA) is 35.5 Å². The molecule has 0 N–H and O–H groups in total. The summed E-state index contributed by atoms with van der Waals surface area (Å²) in [5.41, 5.74) is 1.84. The molecule has 1 atom stereocenters. The largest absolute Gasteiger partial charge is 0.494 e. The zero-order valence-corrected chi connectivity index (χ0v) is 25.8. The number of benzene rings is 2. The van der Waals surface area contributed by atoms with E-state index >= 15 is 0 Å². The predicted octanol–water partition coefficient (Wildman–Crippen LogP) is 10.6. The second-order valence-corrected chi connectivity index (χ2v) is 12.5. The fourth-order valence-electron chi connectivity index (χ4n) is 4.91. The Morgan fingerprint density at radius 2 is 1.10 bits per heavy atom. The first kappa shape index (κ1) is 32.4. The molecule has 2 aliphatic heterocycles. The van der Waals surface area contributed by atoms with Gasteiger partial charge in [0.1, 0.15) is 11.0 Å². The number of allylic oxidation sites excluding steroid dienone is 2. The van der Waals surface area contributed by atoms with Crippen molar-refractivity contribution in [1.29, 1.82) is 0 Å². The van der Waals surface area contributed by atoms with E-state index < -0.39 is 5.25 Å². The van der Waals surface area contributed by atoms with Gasteiger partial charge in [-0.15, -0.1) is 0 Å². The van der Waals surface area contributed by atoms with Crippen LogP contribution in [-0.4, -0.2) is 23.4 Å². The molecule has 0 aliphatic carbocycles. The normalized spacial score (nSPS) is 21.6. The molecule has 2 aromatic carbocycles. The Bertz CT molecular complexity index is 987. The third-order valence-corrected chi connectivity index (χ3v) is 9.02. The molecule has 2 heterocycles. The van der Waals surface area contributed by atoms with Crippen molar-refractivity contribution < 1.29 is 14.3 Å². The van der Waals surface area contributed by atoms with E-state index in [-0.39, 0.29) is 5.97 Å². The molecule has 0 saturated carbocycles. The molecule has 0 saturated heterocycles. The number of ether oxygens (including phenoxy) is 2. The van der Waals surface area contributed by atoms with Crippen LogP contribution in [0.15, 0.2) is 66.7 Å². The van der Waals surface area contributed by atoms with Gasteiger partial charge in [-0.1, -0.05) is 131 Å². The highest BCUT2D eigenvalue weighted by Gasteiger charge is 2.25. The number of thioether (sulfide) groups is 1. The second-order valence-electron chi connectivity index (χ2n) is 10.7. The first-order valence-corrected chi connectivity index (χ1v) is 16.8. The minimum atomic E-state index is -0.472. The highest BCUT2D eigenvalue weighted by atomic mass is 32.2. The molecule has 0 radical (unpaired) electrons. The molecule has 5 heteroatoms. The Kier molecular flexibility index (Phi) is 16.8. The van der Waals surface area contributed by atoms with Crippen LogP contribution in [0.4, 0.5) is 0 Å². The summed E-state index contributed by atoms with van der Waals surface area (Å²) < 4.78 is 12.4. The number of carbonyl (C=O) groups excluding carboxylic acids is 1. The Balaban J connectivity index is 1.54. The lowest BCUT2D eigenvalue weighted by atomic mass is 10.1. The van der Waals surface area contributed by atoms with Gasteiger partial charge in [0.25, 0.3) is 0 Å². The summed E-state index contributed by atoms with van der Waals surface area (Å²) in [5.74, 6) is 0.647. The molecular formula is C35H48O3S2. The van der Waals surface area contributed by atoms with Crippen molar-refractivity contribution in [3.05, 3.63) is 77.9 Å². The fraction of sp³-hybridized carbons (Fsp3) is 0.543. The van der Waals surface area contributed by atoms with Gasteiger partial charge in [-0.25, -0.2) is 0 Å². The standard InChI is InChI=1S/C35H48O3S2/c36-34-33(30-22-18-17-19-23-30)40-35(39)31-24-26-32(27-25-31)37-28-20-15-13-11-9-7-5-3-1-2-4-6-8-10-12-14-16-21-29-38-34/h1,3,17-19,22-27,33H,2,4-16,20-21,28-29H2/b3-1-. The lowest BCUT2D eigenvalue weighted by Crippen LogP contribution is -2.16. The lowest BCUT2D eigenvalue weighted by Gasteiger charge is -2.17. The summed E-state index contributed by atoms with van der Waals surface area (Å²) in [6.45, 7) is 1.21. The summed E-state index contributed by atoms with van der Waals surface area (Å²) in [6.07, 6.45) is 24.5. The minimum absolute atomic E-state index is 0.216. The van der Waals surface area contributed by atoms with Crippen LogP contribution in [0.5, 0.6) is 5.75 Å². The SMILES string of the molecule is O=C1OCCCCCCCCCC/C=C\CCCCCCCCOc2ccc(cc2)C(=S)SC1c1ccccc1. The van der Waals surface area contributed by atoms with Gasteiger partial charge in [0.15, 0.2) is 0 Å². The first-order valence-electron chi connectivity index (χ1n) is 15.5. The molecule has 2 bridgehead atoms. The van der Waals surface area contributed by atoms with Crippen molar-refractivity contribution in [1.82, 2.24) is 0 Å². The third kappa shape index (κ3) is 13.5. The first-order chi connectivity index (χ1) is 19.7. The number of hydrogen-bond acceptors (Lipinski definition) is 5. The number of rotatable bonds is 1. The molecular weight excluding hydrogens is 533 g/mol. The van der Waals surface area contributed by atoms with Crippen molar-refractivity contribution in [3.63, 3.8) is 0 Å². The van der Waals surface area contributed by atoms with Crippen molar-refractivity contribution >= 4 is 34.1 Å². The van der Waals surface area contributed by atoms with Crippen LogP contribution in [-0.2, 0) is 9.53 Å². The number of esters is 1. The Morgan fingerprint density at radius 3 is 1.68 bits per heavy atom. The molecule has 1 unspecified atom stereocenters. The van der Waals surface area contributed by atoms with E-state index in [1.54, 1.807) is 0 Å². The molecule has 4 rings (SSSR count). The summed E-state index contributed by atoms with van der Waals surface area (Å²) >= 11 is 7.15. The molecule has 218 valence electrons. The van der Waals surface area contributed by atoms with E-state index in [2.05, 4.69) is 12.2 Å². The van der Waals surface area contributed by atoms with E-state index in [1.165, 1.54) is 95.2 Å². The van der Waals surface area contributed by atoms with Crippen LogP contribution in [0.3, 0.4) is 0 Å². The fourth-order valence-corrected chi connectivity index (χ4v) is 6.28. The van der Waals surface area contributed by atoms with Crippen molar-refractivity contribution in [2.75, 3.05) is 13.2 Å². The lowest BCUT2D eigenvalue weighted by molar-refractivity contribution is -0.143. The Labute approximate surface area is 252 Å². The average molecular weight is 581 g/mol. The van der Waals surface area contributed by atoms with Crippen LogP contribution in [0.2, 0.25) is 0 Å². The number of carbonyl (C=O) groups is 1. The number of fused-ring (bicyclic) bond motifs is 26. The maximum atomic E-state index is 13.1.